The van der Waals surface area contributed by atoms with Crippen molar-refractivity contribution in [3.8, 4) is 0 Å². The third kappa shape index (κ3) is 4.08. The predicted molar refractivity (Wildman–Crippen MR) is 92.5 cm³/mol. The molecule has 26 heavy (non-hydrogen) atoms. The third-order valence-electron chi connectivity index (χ3n) is 4.04. The van der Waals surface area contributed by atoms with E-state index in [4.69, 9.17) is 9.26 Å². The van der Waals surface area contributed by atoms with Gasteiger partial charge in [0, 0.05) is 24.7 Å². The summed E-state index contributed by atoms with van der Waals surface area (Å²) in [4.78, 5) is 37.7. The quantitative estimate of drug-likeness (QED) is 0.819. The van der Waals surface area contributed by atoms with Crippen molar-refractivity contribution in [3.63, 3.8) is 0 Å². The highest BCUT2D eigenvalue weighted by atomic mass is 16.5. The molecule has 136 valence electrons. The van der Waals surface area contributed by atoms with Crippen LogP contribution in [0.25, 0.3) is 0 Å². The number of aromatic nitrogens is 1. The maximum Gasteiger partial charge on any atom is 0.311 e. The summed E-state index contributed by atoms with van der Waals surface area (Å²) >= 11 is 0. The molecule has 1 aliphatic rings. The molecule has 2 heterocycles. The van der Waals surface area contributed by atoms with E-state index in [2.05, 4.69) is 10.5 Å². The number of nitrogens with zero attached hydrogens (tertiary/aromatic N) is 2. The van der Waals surface area contributed by atoms with Crippen molar-refractivity contribution in [3.05, 3.63) is 41.7 Å². The van der Waals surface area contributed by atoms with Crippen LogP contribution < -0.4 is 10.2 Å². The van der Waals surface area contributed by atoms with Gasteiger partial charge in [0.1, 0.15) is 5.76 Å². The Labute approximate surface area is 150 Å². The Morgan fingerprint density at radius 1 is 1.31 bits per heavy atom. The topological polar surface area (TPSA) is 102 Å². The average molecular weight is 357 g/mol. The van der Waals surface area contributed by atoms with Crippen molar-refractivity contribution in [1.29, 1.82) is 0 Å². The summed E-state index contributed by atoms with van der Waals surface area (Å²) in [5.74, 6) is -1.02. The maximum atomic E-state index is 12.2. The Hall–Kier alpha value is -3.16. The first-order valence-corrected chi connectivity index (χ1v) is 8.19. The lowest BCUT2D eigenvalue weighted by molar-refractivity contribution is -0.151. The molecule has 8 heteroatoms. The van der Waals surface area contributed by atoms with Gasteiger partial charge >= 0.3 is 5.97 Å². The van der Waals surface area contributed by atoms with Crippen LogP contribution in [0.3, 0.4) is 0 Å². The minimum absolute atomic E-state index is 0.0663. The molecule has 0 saturated carbocycles. The van der Waals surface area contributed by atoms with Gasteiger partial charge in [0.2, 0.25) is 5.91 Å². The number of carbonyl (C=O) groups is 3. The molecule has 1 aliphatic heterocycles. The molecule has 0 radical (unpaired) electrons. The van der Waals surface area contributed by atoms with Crippen LogP contribution in [-0.2, 0) is 19.1 Å². The van der Waals surface area contributed by atoms with E-state index in [1.807, 2.05) is 31.2 Å². The zero-order valence-corrected chi connectivity index (χ0v) is 14.5. The van der Waals surface area contributed by atoms with Gasteiger partial charge in [-0.15, -0.1) is 0 Å². The third-order valence-corrected chi connectivity index (χ3v) is 4.04. The number of hydrogen-bond donors (Lipinski definition) is 1. The van der Waals surface area contributed by atoms with Crippen molar-refractivity contribution in [1.82, 2.24) is 5.16 Å². The number of aryl methyl sites for hydroxylation is 2. The van der Waals surface area contributed by atoms with E-state index < -0.39 is 24.4 Å². The summed E-state index contributed by atoms with van der Waals surface area (Å²) in [6, 6.07) is 9.05. The minimum atomic E-state index is -0.592. The number of benzene rings is 1. The molecule has 0 unspecified atom stereocenters. The molecule has 0 spiro atoms. The first-order valence-electron chi connectivity index (χ1n) is 8.19. The van der Waals surface area contributed by atoms with Crippen LogP contribution in [0.15, 0.2) is 34.9 Å². The van der Waals surface area contributed by atoms with Gasteiger partial charge in [-0.3, -0.25) is 14.4 Å². The van der Waals surface area contributed by atoms with Crippen LogP contribution >= 0.6 is 0 Å². The Morgan fingerprint density at radius 3 is 2.69 bits per heavy atom. The lowest BCUT2D eigenvalue weighted by atomic mass is 10.1. The number of rotatable bonds is 5. The fraction of sp³-hybridized carbons (Fsp3) is 0.333. The van der Waals surface area contributed by atoms with Gasteiger partial charge in [0.25, 0.3) is 5.91 Å². The van der Waals surface area contributed by atoms with E-state index in [9.17, 15) is 14.4 Å². The van der Waals surface area contributed by atoms with Gasteiger partial charge in [-0.1, -0.05) is 22.9 Å². The fourth-order valence-corrected chi connectivity index (χ4v) is 2.70. The van der Waals surface area contributed by atoms with Crippen LogP contribution in [0.2, 0.25) is 0 Å². The monoisotopic (exact) mass is 357 g/mol. The largest absolute Gasteiger partial charge is 0.455 e. The predicted octanol–water partition coefficient (Wildman–Crippen LogP) is 1.83. The molecule has 1 aromatic carbocycles. The van der Waals surface area contributed by atoms with Crippen molar-refractivity contribution in [2.24, 2.45) is 5.92 Å². The Kier molecular flexibility index (Phi) is 5.01. The summed E-state index contributed by atoms with van der Waals surface area (Å²) < 4.78 is 9.86. The van der Waals surface area contributed by atoms with Crippen LogP contribution in [0.5, 0.6) is 0 Å². The lowest BCUT2D eigenvalue weighted by Gasteiger charge is -2.16. The molecular formula is C18H19N3O5. The number of nitrogens with one attached hydrogen (secondary N) is 1. The van der Waals surface area contributed by atoms with E-state index in [0.717, 1.165) is 11.3 Å². The van der Waals surface area contributed by atoms with Gasteiger partial charge < -0.3 is 19.5 Å². The van der Waals surface area contributed by atoms with E-state index >= 15 is 0 Å². The highest BCUT2D eigenvalue weighted by Crippen LogP contribution is 2.26. The number of esters is 1. The molecule has 2 amide bonds. The lowest BCUT2D eigenvalue weighted by Crippen LogP contribution is -2.28. The molecule has 1 atom stereocenters. The van der Waals surface area contributed by atoms with Crippen LogP contribution in [0.1, 0.15) is 17.7 Å². The van der Waals surface area contributed by atoms with Gasteiger partial charge in [0.05, 0.1) is 5.92 Å². The van der Waals surface area contributed by atoms with E-state index in [1.54, 1.807) is 17.9 Å². The Morgan fingerprint density at radius 2 is 2.04 bits per heavy atom. The molecule has 1 saturated heterocycles. The van der Waals surface area contributed by atoms with E-state index in [1.165, 1.54) is 0 Å². The number of amides is 2. The SMILES string of the molecule is Cc1ccc(N2C[C@H](C(=O)OCC(=O)Nc3cc(C)on3)CC2=O)cc1. The highest BCUT2D eigenvalue weighted by Gasteiger charge is 2.36. The molecule has 1 N–H and O–H groups in total. The van der Waals surface area contributed by atoms with Crippen molar-refractivity contribution in [2.45, 2.75) is 20.3 Å². The first kappa shape index (κ1) is 17.7. The average Bonchev–Trinajstić information content (AvgIpc) is 3.19. The fourth-order valence-electron chi connectivity index (χ4n) is 2.70. The molecule has 1 fully saturated rings. The minimum Gasteiger partial charge on any atom is -0.455 e. The van der Waals surface area contributed by atoms with Crippen molar-refractivity contribution in [2.75, 3.05) is 23.4 Å². The van der Waals surface area contributed by atoms with Gasteiger partial charge in [-0.05, 0) is 26.0 Å². The number of ether oxygens (including phenoxy) is 1. The molecule has 8 nitrogen and oxygen atoms in total. The Bertz CT molecular complexity index is 828. The molecule has 0 aliphatic carbocycles. The number of carbonyl (C=O) groups excluding carboxylic acids is 3. The van der Waals surface area contributed by atoms with Crippen LogP contribution in [-0.4, -0.2) is 36.1 Å². The normalized spacial score (nSPS) is 16.6. The van der Waals surface area contributed by atoms with Crippen molar-refractivity contribution >= 4 is 29.3 Å². The Balaban J connectivity index is 1.51. The molecule has 2 aromatic rings. The number of hydrogen-bond acceptors (Lipinski definition) is 6. The summed E-state index contributed by atoms with van der Waals surface area (Å²) in [5.41, 5.74) is 1.83. The second-order valence-electron chi connectivity index (χ2n) is 6.22. The molecule has 0 bridgehead atoms. The van der Waals surface area contributed by atoms with Crippen LogP contribution in [0.4, 0.5) is 11.5 Å². The molecular weight excluding hydrogens is 338 g/mol. The number of anilines is 2. The first-order chi connectivity index (χ1) is 12.4. The summed E-state index contributed by atoms with van der Waals surface area (Å²) in [7, 11) is 0. The van der Waals surface area contributed by atoms with E-state index in [0.29, 0.717) is 5.76 Å². The van der Waals surface area contributed by atoms with Gasteiger partial charge in [-0.25, -0.2) is 0 Å². The summed E-state index contributed by atoms with van der Waals surface area (Å²) in [6.07, 6.45) is 0.0663. The molecule has 1 aromatic heterocycles. The summed E-state index contributed by atoms with van der Waals surface area (Å²) in [6.45, 7) is 3.45. The molecule has 3 rings (SSSR count). The summed E-state index contributed by atoms with van der Waals surface area (Å²) in [5, 5.41) is 6.08. The van der Waals surface area contributed by atoms with Crippen LogP contribution in [0, 0.1) is 19.8 Å². The smallest absolute Gasteiger partial charge is 0.311 e. The standard InChI is InChI=1S/C18H19N3O5/c1-11-3-5-14(6-4-11)21-9-13(8-17(21)23)18(24)25-10-16(22)19-15-7-12(2)26-20-15/h3-7,13H,8-10H2,1-2H3,(H,19,20,22)/t13-/m1/s1. The van der Waals surface area contributed by atoms with Crippen molar-refractivity contribution < 1.29 is 23.6 Å². The second-order valence-corrected chi connectivity index (χ2v) is 6.22. The van der Waals surface area contributed by atoms with Gasteiger partial charge in [-0.2, -0.15) is 0 Å². The zero-order valence-electron chi connectivity index (χ0n) is 14.5. The zero-order chi connectivity index (χ0) is 18.7. The maximum absolute atomic E-state index is 12.2. The van der Waals surface area contributed by atoms with Gasteiger partial charge in [0.15, 0.2) is 12.4 Å². The highest BCUT2D eigenvalue weighted by molar-refractivity contribution is 6.00. The van der Waals surface area contributed by atoms with E-state index in [-0.39, 0.29) is 24.7 Å². The second kappa shape index (κ2) is 7.38.